The minimum absolute atomic E-state index is 0.247. The Bertz CT molecular complexity index is 809. The molecule has 4 heteroatoms. The lowest BCUT2D eigenvalue weighted by Gasteiger charge is -2.41. The molecule has 4 rings (SSSR count). The Kier molecular flexibility index (Phi) is 5.06. The van der Waals surface area contributed by atoms with Crippen LogP contribution >= 0.6 is 0 Å². The van der Waals surface area contributed by atoms with Gasteiger partial charge in [0.25, 0.3) is 0 Å². The number of anilines is 1. The summed E-state index contributed by atoms with van der Waals surface area (Å²) in [7, 11) is 0. The zero-order chi connectivity index (χ0) is 18.8. The molecule has 4 nitrogen and oxygen atoms in total. The first-order valence-corrected chi connectivity index (χ1v) is 9.84. The zero-order valence-electron chi connectivity index (χ0n) is 16.1. The molecule has 2 aromatic rings. The summed E-state index contributed by atoms with van der Waals surface area (Å²) in [6, 6.07) is 15.1. The largest absolute Gasteiger partial charge is 0.490 e. The van der Waals surface area contributed by atoms with Crippen molar-refractivity contribution in [3.63, 3.8) is 0 Å². The molecule has 1 saturated heterocycles. The maximum Gasteiger partial charge on any atom is 0.163 e. The summed E-state index contributed by atoms with van der Waals surface area (Å²) in [5.41, 5.74) is 3.81. The highest BCUT2D eigenvalue weighted by Gasteiger charge is 2.29. The molecule has 0 unspecified atom stereocenters. The quantitative estimate of drug-likeness (QED) is 0.780. The van der Waals surface area contributed by atoms with Crippen LogP contribution in [0.15, 0.2) is 42.5 Å². The number of carbonyl (C=O) groups excluding carboxylic acids is 1. The number of ether oxygens (including phenoxy) is 2. The lowest BCUT2D eigenvalue weighted by molar-refractivity contribution is -0.117. The van der Waals surface area contributed by atoms with E-state index in [4.69, 9.17) is 9.47 Å². The van der Waals surface area contributed by atoms with Crippen LogP contribution in [-0.4, -0.2) is 32.1 Å². The van der Waals surface area contributed by atoms with Gasteiger partial charge in [-0.2, -0.15) is 0 Å². The van der Waals surface area contributed by atoms with Gasteiger partial charge in [-0.25, -0.2) is 0 Å². The summed E-state index contributed by atoms with van der Waals surface area (Å²) in [5.74, 6) is 2.80. The fraction of sp³-hybridized carbons (Fsp3) is 0.435. The summed E-state index contributed by atoms with van der Waals surface area (Å²) in [4.78, 5) is 13.7. The van der Waals surface area contributed by atoms with Crippen molar-refractivity contribution in [2.75, 3.05) is 31.2 Å². The molecule has 2 aliphatic rings. The molecule has 0 bridgehead atoms. The van der Waals surface area contributed by atoms with Gasteiger partial charge in [-0.3, -0.25) is 0 Å². The van der Waals surface area contributed by atoms with Crippen molar-refractivity contribution in [1.29, 1.82) is 0 Å². The molecule has 0 aliphatic carbocycles. The molecule has 2 heterocycles. The Labute approximate surface area is 161 Å². The number of Topliss-reactive ketones (excluding diaryl/α,β-unsaturated/α-hetero) is 1. The second kappa shape index (κ2) is 7.63. The van der Waals surface area contributed by atoms with Crippen LogP contribution < -0.4 is 14.4 Å². The van der Waals surface area contributed by atoms with Crippen molar-refractivity contribution in [2.45, 2.75) is 38.5 Å². The standard InChI is InChI=1S/C23H27NO3/c1-16(12-17(2)25)18-4-6-19(7-5-18)20-14-24(15-20)21-8-9-22-23(13-21)27-11-3-10-26-22/h4-9,13,16,20H,3,10-12,14-15H2,1-2H3/t16-/m1/s1. The van der Waals surface area contributed by atoms with E-state index in [1.807, 2.05) is 6.07 Å². The van der Waals surface area contributed by atoms with Gasteiger partial charge in [0.15, 0.2) is 11.5 Å². The number of benzene rings is 2. The Hall–Kier alpha value is -2.49. The van der Waals surface area contributed by atoms with Gasteiger partial charge in [0, 0.05) is 43.6 Å². The van der Waals surface area contributed by atoms with Gasteiger partial charge in [0.1, 0.15) is 5.78 Å². The number of hydrogen-bond donors (Lipinski definition) is 0. The SMILES string of the molecule is CC(=O)C[C@@H](C)c1ccc(C2CN(c3ccc4c(c3)OCCCO4)C2)cc1. The Morgan fingerprint density at radius 1 is 1.07 bits per heavy atom. The molecule has 0 N–H and O–H groups in total. The second-order valence-corrected chi connectivity index (χ2v) is 7.76. The lowest BCUT2D eigenvalue weighted by Crippen LogP contribution is -2.45. The van der Waals surface area contributed by atoms with Crippen molar-refractivity contribution < 1.29 is 14.3 Å². The number of ketones is 1. The summed E-state index contributed by atoms with van der Waals surface area (Å²) < 4.78 is 11.5. The summed E-state index contributed by atoms with van der Waals surface area (Å²) in [5, 5.41) is 0. The molecular weight excluding hydrogens is 338 g/mol. The number of fused-ring (bicyclic) bond motifs is 1. The van der Waals surface area contributed by atoms with E-state index in [-0.39, 0.29) is 11.7 Å². The number of hydrogen-bond acceptors (Lipinski definition) is 4. The third-order valence-electron chi connectivity index (χ3n) is 5.55. The van der Waals surface area contributed by atoms with Crippen LogP contribution in [-0.2, 0) is 4.79 Å². The van der Waals surface area contributed by atoms with E-state index in [0.717, 1.165) is 37.6 Å². The first-order valence-electron chi connectivity index (χ1n) is 9.84. The predicted molar refractivity (Wildman–Crippen MR) is 107 cm³/mol. The van der Waals surface area contributed by atoms with Gasteiger partial charge in [-0.1, -0.05) is 31.2 Å². The first kappa shape index (κ1) is 17.9. The Balaban J connectivity index is 1.38. The average Bonchev–Trinajstić information content (AvgIpc) is 2.85. The normalized spacial score (nSPS) is 17.8. The molecule has 1 atom stereocenters. The molecule has 142 valence electrons. The third-order valence-corrected chi connectivity index (χ3v) is 5.55. The fourth-order valence-corrected chi connectivity index (χ4v) is 3.89. The van der Waals surface area contributed by atoms with Gasteiger partial charge in [0.05, 0.1) is 13.2 Å². The predicted octanol–water partition coefficient (Wildman–Crippen LogP) is 4.53. The fourth-order valence-electron chi connectivity index (χ4n) is 3.89. The van der Waals surface area contributed by atoms with Crippen LogP contribution in [0.25, 0.3) is 0 Å². The molecule has 1 fully saturated rings. The highest BCUT2D eigenvalue weighted by Crippen LogP contribution is 2.38. The summed E-state index contributed by atoms with van der Waals surface area (Å²) in [6.45, 7) is 7.25. The van der Waals surface area contributed by atoms with Gasteiger partial charge in [0.2, 0.25) is 0 Å². The molecule has 0 saturated carbocycles. The highest BCUT2D eigenvalue weighted by molar-refractivity contribution is 5.76. The van der Waals surface area contributed by atoms with Crippen LogP contribution in [0, 0.1) is 0 Å². The van der Waals surface area contributed by atoms with Gasteiger partial charge >= 0.3 is 0 Å². The zero-order valence-corrected chi connectivity index (χ0v) is 16.1. The van der Waals surface area contributed by atoms with E-state index in [2.05, 4.69) is 48.2 Å². The molecule has 2 aliphatic heterocycles. The van der Waals surface area contributed by atoms with Crippen molar-refractivity contribution in [2.24, 2.45) is 0 Å². The van der Waals surface area contributed by atoms with E-state index in [1.54, 1.807) is 6.92 Å². The lowest BCUT2D eigenvalue weighted by atomic mass is 9.88. The third kappa shape index (κ3) is 3.95. The van der Waals surface area contributed by atoms with Crippen LogP contribution in [0.4, 0.5) is 5.69 Å². The molecule has 0 spiro atoms. The first-order chi connectivity index (χ1) is 13.1. The minimum atomic E-state index is 0.247. The van der Waals surface area contributed by atoms with Crippen molar-refractivity contribution in [3.8, 4) is 11.5 Å². The van der Waals surface area contributed by atoms with Crippen LogP contribution in [0.1, 0.15) is 49.7 Å². The van der Waals surface area contributed by atoms with Gasteiger partial charge in [-0.05, 0) is 36.1 Å². The van der Waals surface area contributed by atoms with Crippen molar-refractivity contribution >= 4 is 11.5 Å². The Morgan fingerprint density at radius 2 is 1.78 bits per heavy atom. The maximum atomic E-state index is 11.3. The van der Waals surface area contributed by atoms with Crippen molar-refractivity contribution in [1.82, 2.24) is 0 Å². The molecule has 0 amide bonds. The molecular formula is C23H27NO3. The topological polar surface area (TPSA) is 38.8 Å². The highest BCUT2D eigenvalue weighted by atomic mass is 16.5. The van der Waals surface area contributed by atoms with Crippen molar-refractivity contribution in [3.05, 3.63) is 53.6 Å². The van der Waals surface area contributed by atoms with Gasteiger partial charge < -0.3 is 19.2 Å². The second-order valence-electron chi connectivity index (χ2n) is 7.76. The number of carbonyl (C=O) groups is 1. The summed E-state index contributed by atoms with van der Waals surface area (Å²) in [6.07, 6.45) is 1.54. The van der Waals surface area contributed by atoms with Crippen LogP contribution in [0.5, 0.6) is 11.5 Å². The average molecular weight is 365 g/mol. The molecule has 2 aromatic carbocycles. The molecule has 27 heavy (non-hydrogen) atoms. The van der Waals surface area contributed by atoms with E-state index < -0.39 is 0 Å². The van der Waals surface area contributed by atoms with Gasteiger partial charge in [-0.15, -0.1) is 0 Å². The van der Waals surface area contributed by atoms with E-state index in [0.29, 0.717) is 18.9 Å². The maximum absolute atomic E-state index is 11.3. The van der Waals surface area contributed by atoms with E-state index >= 15 is 0 Å². The van der Waals surface area contributed by atoms with E-state index in [1.165, 1.54) is 16.8 Å². The number of rotatable bonds is 5. The monoisotopic (exact) mass is 365 g/mol. The van der Waals surface area contributed by atoms with Crippen LogP contribution in [0.2, 0.25) is 0 Å². The van der Waals surface area contributed by atoms with Crippen LogP contribution in [0.3, 0.4) is 0 Å². The molecule has 0 radical (unpaired) electrons. The number of nitrogens with zero attached hydrogens (tertiary/aromatic N) is 1. The Morgan fingerprint density at radius 3 is 2.48 bits per heavy atom. The molecule has 0 aromatic heterocycles. The smallest absolute Gasteiger partial charge is 0.163 e. The summed E-state index contributed by atoms with van der Waals surface area (Å²) >= 11 is 0. The van der Waals surface area contributed by atoms with E-state index in [9.17, 15) is 4.79 Å². The minimum Gasteiger partial charge on any atom is -0.490 e.